The van der Waals surface area contributed by atoms with Crippen LogP contribution in [0, 0.1) is 0 Å². The van der Waals surface area contributed by atoms with Crippen LogP contribution in [0.4, 0.5) is 17.5 Å². The number of amides is 1. The summed E-state index contributed by atoms with van der Waals surface area (Å²) in [7, 11) is 1.81. The van der Waals surface area contributed by atoms with Gasteiger partial charge in [0, 0.05) is 23.5 Å². The summed E-state index contributed by atoms with van der Waals surface area (Å²) < 4.78 is 0.574. The van der Waals surface area contributed by atoms with E-state index in [-0.39, 0.29) is 35.8 Å². The van der Waals surface area contributed by atoms with Gasteiger partial charge in [-0.05, 0) is 40.5 Å². The van der Waals surface area contributed by atoms with Crippen LogP contribution in [-0.4, -0.2) is 61.1 Å². The van der Waals surface area contributed by atoms with Crippen molar-refractivity contribution in [2.24, 2.45) is 0 Å². The lowest BCUT2D eigenvalue weighted by Gasteiger charge is -2.21. The fourth-order valence-electron chi connectivity index (χ4n) is 3.11. The number of carboxylic acids is 2. The molecule has 0 saturated carbocycles. The highest BCUT2D eigenvalue weighted by Crippen LogP contribution is 2.28. The van der Waals surface area contributed by atoms with E-state index in [1.165, 1.54) is 12.1 Å². The van der Waals surface area contributed by atoms with E-state index in [1.54, 1.807) is 19.3 Å². The number of carbonyl (C=O) groups excluding carboxylic acids is 1. The van der Waals surface area contributed by atoms with E-state index >= 15 is 0 Å². The molecular formula is C20H21BrN8O5. The van der Waals surface area contributed by atoms with Crippen LogP contribution in [-0.2, 0) is 16.1 Å². The average Bonchev–Trinajstić information content (AvgIpc) is 2.76. The molecule has 34 heavy (non-hydrogen) atoms. The Balaban J connectivity index is 1.74. The zero-order valence-corrected chi connectivity index (χ0v) is 19.5. The Morgan fingerprint density at radius 2 is 1.91 bits per heavy atom. The van der Waals surface area contributed by atoms with Crippen molar-refractivity contribution < 1.29 is 24.6 Å². The SMILES string of the molecule is CN(Cc1cnc2nc(N)nc(N)c2n1)c1ccc(C(=O)NC(CCC(=O)O)C(=O)O)cc1Br. The second-order valence-corrected chi connectivity index (χ2v) is 8.17. The van der Waals surface area contributed by atoms with E-state index in [2.05, 4.69) is 41.2 Å². The Kier molecular flexibility index (Phi) is 7.40. The second kappa shape index (κ2) is 10.2. The smallest absolute Gasteiger partial charge is 0.326 e. The van der Waals surface area contributed by atoms with Gasteiger partial charge in [-0.1, -0.05) is 0 Å². The number of hydrogen-bond acceptors (Lipinski definition) is 10. The van der Waals surface area contributed by atoms with Crippen molar-refractivity contribution in [3.63, 3.8) is 0 Å². The Morgan fingerprint density at radius 3 is 2.56 bits per heavy atom. The van der Waals surface area contributed by atoms with Gasteiger partial charge in [0.15, 0.2) is 17.0 Å². The number of benzene rings is 1. The Morgan fingerprint density at radius 1 is 1.18 bits per heavy atom. The standard InChI is InChI=1S/C20H21BrN8O5/c1-29(8-10-7-24-17-15(25-10)16(22)27-20(23)28-17)13-4-2-9(6-11(13)21)18(32)26-12(19(33)34)3-5-14(30)31/h2,4,6-7,12H,3,5,8H2,1H3,(H,26,32)(H,30,31)(H,33,34)(H4,22,23,24,27,28). The molecule has 1 unspecified atom stereocenters. The summed E-state index contributed by atoms with van der Waals surface area (Å²) in [6.07, 6.45) is 0.935. The zero-order valence-electron chi connectivity index (χ0n) is 17.9. The maximum absolute atomic E-state index is 12.5. The van der Waals surface area contributed by atoms with Gasteiger partial charge in [0.2, 0.25) is 5.95 Å². The third-order valence-corrected chi connectivity index (χ3v) is 5.41. The van der Waals surface area contributed by atoms with Crippen molar-refractivity contribution in [3.05, 3.63) is 40.1 Å². The number of nitrogens with zero attached hydrogens (tertiary/aromatic N) is 5. The molecule has 14 heteroatoms. The van der Waals surface area contributed by atoms with Crippen LogP contribution < -0.4 is 21.7 Å². The van der Waals surface area contributed by atoms with E-state index in [0.717, 1.165) is 5.69 Å². The lowest BCUT2D eigenvalue weighted by atomic mass is 10.1. The molecule has 0 radical (unpaired) electrons. The number of aliphatic carboxylic acids is 2. The van der Waals surface area contributed by atoms with Gasteiger partial charge in [0.1, 0.15) is 6.04 Å². The number of hydrogen-bond donors (Lipinski definition) is 5. The first kappa shape index (κ1) is 24.6. The average molecular weight is 533 g/mol. The minimum absolute atomic E-state index is 0.00814. The summed E-state index contributed by atoms with van der Waals surface area (Å²) in [6.45, 7) is 0.340. The molecule has 0 spiro atoms. The number of halogens is 1. The molecule has 2 aromatic heterocycles. The van der Waals surface area contributed by atoms with Crippen LogP contribution in [0.2, 0.25) is 0 Å². The minimum Gasteiger partial charge on any atom is -0.481 e. The topological polar surface area (TPSA) is 211 Å². The van der Waals surface area contributed by atoms with Crippen molar-refractivity contribution in [1.29, 1.82) is 0 Å². The van der Waals surface area contributed by atoms with Gasteiger partial charge >= 0.3 is 11.9 Å². The molecule has 13 nitrogen and oxygen atoms in total. The highest BCUT2D eigenvalue weighted by atomic mass is 79.9. The normalized spacial score (nSPS) is 11.7. The number of aromatic nitrogens is 4. The minimum atomic E-state index is -1.32. The molecule has 1 amide bonds. The number of carboxylic acid groups (broad SMARTS) is 2. The van der Waals surface area contributed by atoms with E-state index in [9.17, 15) is 19.5 Å². The Labute approximate surface area is 201 Å². The van der Waals surface area contributed by atoms with Gasteiger partial charge < -0.3 is 31.9 Å². The number of carbonyl (C=O) groups is 3. The van der Waals surface area contributed by atoms with Gasteiger partial charge in [-0.25, -0.2) is 14.8 Å². The molecule has 178 valence electrons. The van der Waals surface area contributed by atoms with Crippen molar-refractivity contribution >= 4 is 62.4 Å². The third-order valence-electron chi connectivity index (χ3n) is 4.77. The molecule has 0 fully saturated rings. The zero-order chi connectivity index (χ0) is 25.0. The molecule has 0 aliphatic carbocycles. The van der Waals surface area contributed by atoms with Crippen LogP contribution >= 0.6 is 15.9 Å². The fourth-order valence-corrected chi connectivity index (χ4v) is 3.79. The highest BCUT2D eigenvalue weighted by molar-refractivity contribution is 9.10. The number of nitrogens with two attached hydrogens (primary N) is 2. The maximum Gasteiger partial charge on any atom is 0.326 e. The van der Waals surface area contributed by atoms with Gasteiger partial charge in [-0.15, -0.1) is 0 Å². The van der Waals surface area contributed by atoms with Gasteiger partial charge in [-0.3, -0.25) is 9.59 Å². The molecule has 1 atom stereocenters. The number of nitrogens with one attached hydrogen (secondary N) is 1. The summed E-state index contributed by atoms with van der Waals surface area (Å²) in [5.41, 5.74) is 13.6. The monoisotopic (exact) mass is 532 g/mol. The van der Waals surface area contributed by atoms with Crippen LogP contribution in [0.3, 0.4) is 0 Å². The van der Waals surface area contributed by atoms with Crippen molar-refractivity contribution in [2.45, 2.75) is 25.4 Å². The molecule has 7 N–H and O–H groups in total. The molecule has 0 saturated heterocycles. The number of fused-ring (bicyclic) bond motifs is 1. The maximum atomic E-state index is 12.5. The number of rotatable bonds is 9. The Hall–Kier alpha value is -4.07. The Bertz CT molecular complexity index is 1270. The van der Waals surface area contributed by atoms with Crippen molar-refractivity contribution in [3.8, 4) is 0 Å². The molecule has 0 aliphatic rings. The molecule has 1 aromatic carbocycles. The van der Waals surface area contributed by atoms with E-state index < -0.39 is 23.9 Å². The number of nitrogen functional groups attached to an aromatic ring is 2. The summed E-state index contributed by atoms with van der Waals surface area (Å²) in [6, 6.07) is 3.43. The van der Waals surface area contributed by atoms with Crippen LogP contribution in [0.5, 0.6) is 0 Å². The van der Waals surface area contributed by atoms with Gasteiger partial charge in [-0.2, -0.15) is 9.97 Å². The first-order valence-electron chi connectivity index (χ1n) is 9.86. The van der Waals surface area contributed by atoms with Gasteiger partial charge in [0.25, 0.3) is 5.91 Å². The first-order chi connectivity index (χ1) is 16.0. The lowest BCUT2D eigenvalue weighted by Crippen LogP contribution is -2.41. The molecule has 2 heterocycles. The van der Waals surface area contributed by atoms with Crippen molar-refractivity contribution in [2.75, 3.05) is 23.4 Å². The summed E-state index contributed by atoms with van der Waals surface area (Å²) in [5.74, 6) is -2.96. The third kappa shape index (κ3) is 5.83. The first-order valence-corrected chi connectivity index (χ1v) is 10.6. The fraction of sp³-hybridized carbons (Fsp3) is 0.250. The molecular weight excluding hydrogens is 512 g/mol. The molecule has 3 aromatic rings. The highest BCUT2D eigenvalue weighted by Gasteiger charge is 2.22. The second-order valence-electron chi connectivity index (χ2n) is 7.32. The van der Waals surface area contributed by atoms with Gasteiger partial charge in [0.05, 0.1) is 24.1 Å². The lowest BCUT2D eigenvalue weighted by molar-refractivity contribution is -0.140. The summed E-state index contributed by atoms with van der Waals surface area (Å²) in [4.78, 5) is 52.9. The van der Waals surface area contributed by atoms with E-state index in [0.29, 0.717) is 22.2 Å². The van der Waals surface area contributed by atoms with Crippen LogP contribution in [0.1, 0.15) is 28.9 Å². The molecule has 0 aliphatic heterocycles. The summed E-state index contributed by atoms with van der Waals surface area (Å²) in [5, 5.41) is 20.3. The number of anilines is 3. The van der Waals surface area contributed by atoms with Crippen LogP contribution in [0.25, 0.3) is 11.2 Å². The molecule has 0 bridgehead atoms. The van der Waals surface area contributed by atoms with Crippen molar-refractivity contribution in [1.82, 2.24) is 25.3 Å². The van der Waals surface area contributed by atoms with Crippen LogP contribution in [0.15, 0.2) is 28.9 Å². The van der Waals surface area contributed by atoms with E-state index in [4.69, 9.17) is 16.6 Å². The quantitative estimate of drug-likeness (QED) is 0.261. The molecule has 3 rings (SSSR count). The largest absolute Gasteiger partial charge is 0.481 e. The van der Waals surface area contributed by atoms with E-state index in [1.807, 2.05) is 4.90 Å². The predicted molar refractivity (Wildman–Crippen MR) is 126 cm³/mol. The summed E-state index contributed by atoms with van der Waals surface area (Å²) >= 11 is 3.43. The predicted octanol–water partition coefficient (Wildman–Crippen LogP) is 1.03.